The number of aliphatic hydroxyl groups is 1. The van der Waals surface area contributed by atoms with E-state index in [1.54, 1.807) is 30.3 Å². The van der Waals surface area contributed by atoms with E-state index in [-0.39, 0.29) is 6.42 Å². The van der Waals surface area contributed by atoms with Crippen LogP contribution in [0.1, 0.15) is 24.8 Å². The van der Waals surface area contributed by atoms with Gasteiger partial charge in [-0.2, -0.15) is 0 Å². The molecule has 1 aliphatic rings. The summed E-state index contributed by atoms with van der Waals surface area (Å²) >= 11 is 0. The fourth-order valence-corrected chi connectivity index (χ4v) is 2.53. The molecule has 0 aliphatic heterocycles. The standard InChI is InChI=1S/C13H15FO3/c14-11-7-6-10(8-11)13(17,12(15)16)9-4-2-1-3-5-9/h1-5,10-11,17H,6-8H2,(H,15,16)/t10-,11?,13?/m0/s1. The number of carboxylic acid groups (broad SMARTS) is 1. The summed E-state index contributed by atoms with van der Waals surface area (Å²) in [6, 6.07) is 8.23. The van der Waals surface area contributed by atoms with Crippen LogP contribution in [0.25, 0.3) is 0 Å². The van der Waals surface area contributed by atoms with E-state index in [2.05, 4.69) is 0 Å². The van der Waals surface area contributed by atoms with Gasteiger partial charge in [0, 0.05) is 5.92 Å². The normalized spacial score (nSPS) is 27.6. The molecule has 0 spiro atoms. The third kappa shape index (κ3) is 2.05. The first kappa shape index (κ1) is 12.0. The Morgan fingerprint density at radius 1 is 1.29 bits per heavy atom. The number of carboxylic acids is 1. The number of aliphatic carboxylic acids is 1. The number of hydrogen-bond donors (Lipinski definition) is 2. The van der Waals surface area contributed by atoms with E-state index in [4.69, 9.17) is 0 Å². The van der Waals surface area contributed by atoms with Gasteiger partial charge >= 0.3 is 5.97 Å². The van der Waals surface area contributed by atoms with Crippen molar-refractivity contribution in [3.05, 3.63) is 35.9 Å². The summed E-state index contributed by atoms with van der Waals surface area (Å²) < 4.78 is 13.2. The quantitative estimate of drug-likeness (QED) is 0.847. The van der Waals surface area contributed by atoms with Gasteiger partial charge in [-0.15, -0.1) is 0 Å². The van der Waals surface area contributed by atoms with Crippen molar-refractivity contribution in [1.82, 2.24) is 0 Å². The molecule has 1 saturated carbocycles. The van der Waals surface area contributed by atoms with E-state index >= 15 is 0 Å². The van der Waals surface area contributed by atoms with Crippen LogP contribution >= 0.6 is 0 Å². The van der Waals surface area contributed by atoms with E-state index in [0.717, 1.165) is 0 Å². The highest BCUT2D eigenvalue weighted by atomic mass is 19.1. The number of rotatable bonds is 3. The van der Waals surface area contributed by atoms with E-state index in [1.807, 2.05) is 0 Å². The van der Waals surface area contributed by atoms with Gasteiger partial charge < -0.3 is 10.2 Å². The Kier molecular flexibility index (Phi) is 3.15. The van der Waals surface area contributed by atoms with Crippen molar-refractivity contribution in [1.29, 1.82) is 0 Å². The van der Waals surface area contributed by atoms with E-state index < -0.39 is 23.7 Å². The largest absolute Gasteiger partial charge is 0.479 e. The lowest BCUT2D eigenvalue weighted by molar-refractivity contribution is -0.166. The van der Waals surface area contributed by atoms with Crippen LogP contribution in [0.4, 0.5) is 4.39 Å². The van der Waals surface area contributed by atoms with Crippen molar-refractivity contribution in [3.8, 4) is 0 Å². The van der Waals surface area contributed by atoms with Crippen molar-refractivity contribution in [2.75, 3.05) is 0 Å². The van der Waals surface area contributed by atoms with Gasteiger partial charge in [0.2, 0.25) is 0 Å². The summed E-state index contributed by atoms with van der Waals surface area (Å²) in [5.74, 6) is -1.86. The monoisotopic (exact) mass is 238 g/mol. The first-order valence-corrected chi connectivity index (χ1v) is 5.70. The highest BCUT2D eigenvalue weighted by Gasteiger charge is 2.48. The molecule has 4 heteroatoms. The molecule has 3 nitrogen and oxygen atoms in total. The molecule has 17 heavy (non-hydrogen) atoms. The average molecular weight is 238 g/mol. The molecule has 0 heterocycles. The molecular formula is C13H15FO3. The zero-order valence-electron chi connectivity index (χ0n) is 9.34. The summed E-state index contributed by atoms with van der Waals surface area (Å²) in [6.45, 7) is 0. The molecule has 2 N–H and O–H groups in total. The molecule has 0 radical (unpaired) electrons. The Labute approximate surface area is 98.9 Å². The molecule has 0 amide bonds. The average Bonchev–Trinajstić information content (AvgIpc) is 2.76. The Bertz CT molecular complexity index is 406. The van der Waals surface area contributed by atoms with Crippen LogP contribution in [0, 0.1) is 5.92 Å². The van der Waals surface area contributed by atoms with Gasteiger partial charge in [0.15, 0.2) is 5.60 Å². The fraction of sp³-hybridized carbons (Fsp3) is 0.462. The smallest absolute Gasteiger partial charge is 0.340 e. The molecule has 3 atom stereocenters. The first-order valence-electron chi connectivity index (χ1n) is 5.70. The van der Waals surface area contributed by atoms with Gasteiger partial charge in [-0.25, -0.2) is 9.18 Å². The van der Waals surface area contributed by atoms with Crippen LogP contribution in [0.2, 0.25) is 0 Å². The molecule has 0 aromatic heterocycles. The van der Waals surface area contributed by atoms with Crippen LogP contribution in [-0.4, -0.2) is 22.4 Å². The van der Waals surface area contributed by atoms with Gasteiger partial charge in [0.05, 0.1) is 0 Å². The summed E-state index contributed by atoms with van der Waals surface area (Å²) in [5.41, 5.74) is -1.64. The van der Waals surface area contributed by atoms with E-state index in [0.29, 0.717) is 18.4 Å². The number of alkyl halides is 1. The number of benzene rings is 1. The molecule has 1 aromatic rings. The second-order valence-corrected chi connectivity index (χ2v) is 4.54. The van der Waals surface area contributed by atoms with Gasteiger partial charge in [-0.3, -0.25) is 0 Å². The minimum atomic E-state index is -1.97. The van der Waals surface area contributed by atoms with Crippen LogP contribution < -0.4 is 0 Å². The maximum atomic E-state index is 13.2. The topological polar surface area (TPSA) is 57.5 Å². The molecule has 1 aromatic carbocycles. The van der Waals surface area contributed by atoms with Crippen molar-refractivity contribution in [2.45, 2.75) is 31.0 Å². The molecule has 2 rings (SSSR count). The van der Waals surface area contributed by atoms with Crippen LogP contribution in [-0.2, 0) is 10.4 Å². The minimum Gasteiger partial charge on any atom is -0.479 e. The third-order valence-corrected chi connectivity index (χ3v) is 3.50. The highest BCUT2D eigenvalue weighted by Crippen LogP contribution is 2.41. The molecule has 2 unspecified atom stereocenters. The van der Waals surface area contributed by atoms with Crippen LogP contribution in [0.5, 0.6) is 0 Å². The van der Waals surface area contributed by atoms with E-state index in [9.17, 15) is 19.4 Å². The number of hydrogen-bond acceptors (Lipinski definition) is 2. The predicted molar refractivity (Wildman–Crippen MR) is 60.2 cm³/mol. The predicted octanol–water partition coefficient (Wildman–Crippen LogP) is 2.10. The van der Waals surface area contributed by atoms with Crippen molar-refractivity contribution >= 4 is 5.97 Å². The van der Waals surface area contributed by atoms with Crippen molar-refractivity contribution in [2.24, 2.45) is 5.92 Å². The van der Waals surface area contributed by atoms with Crippen LogP contribution in [0.3, 0.4) is 0 Å². The fourth-order valence-electron chi connectivity index (χ4n) is 2.53. The Morgan fingerprint density at radius 2 is 1.94 bits per heavy atom. The molecule has 92 valence electrons. The zero-order chi connectivity index (χ0) is 12.5. The lowest BCUT2D eigenvalue weighted by Crippen LogP contribution is -2.42. The highest BCUT2D eigenvalue weighted by molar-refractivity contribution is 5.79. The zero-order valence-corrected chi connectivity index (χ0v) is 9.34. The lowest BCUT2D eigenvalue weighted by Gasteiger charge is -2.30. The van der Waals surface area contributed by atoms with Gasteiger partial charge in [0.1, 0.15) is 6.17 Å². The van der Waals surface area contributed by atoms with Gasteiger partial charge in [-0.05, 0) is 24.8 Å². The molecule has 0 bridgehead atoms. The Balaban J connectivity index is 2.37. The summed E-state index contributed by atoms with van der Waals surface area (Å²) in [4.78, 5) is 11.3. The first-order chi connectivity index (χ1) is 8.05. The maximum absolute atomic E-state index is 13.2. The van der Waals surface area contributed by atoms with Crippen molar-refractivity contribution < 1.29 is 19.4 Å². The van der Waals surface area contributed by atoms with Crippen molar-refractivity contribution in [3.63, 3.8) is 0 Å². The maximum Gasteiger partial charge on any atom is 0.340 e. The van der Waals surface area contributed by atoms with Crippen LogP contribution in [0.15, 0.2) is 30.3 Å². The third-order valence-electron chi connectivity index (χ3n) is 3.50. The Morgan fingerprint density at radius 3 is 2.41 bits per heavy atom. The molecule has 1 aliphatic carbocycles. The molecular weight excluding hydrogens is 223 g/mol. The summed E-state index contributed by atoms with van der Waals surface area (Å²) in [7, 11) is 0. The number of carbonyl (C=O) groups is 1. The minimum absolute atomic E-state index is 0.109. The van der Waals surface area contributed by atoms with E-state index in [1.165, 1.54) is 0 Å². The molecule has 0 saturated heterocycles. The SMILES string of the molecule is O=C(O)C(O)(c1ccccc1)[C@H]1CCC(F)C1. The Hall–Kier alpha value is -1.42. The lowest BCUT2D eigenvalue weighted by atomic mass is 9.80. The second kappa shape index (κ2) is 4.45. The number of halogens is 1. The summed E-state index contributed by atoms with van der Waals surface area (Å²) in [5, 5.41) is 19.7. The molecule has 1 fully saturated rings. The second-order valence-electron chi connectivity index (χ2n) is 4.54. The van der Waals surface area contributed by atoms with Gasteiger partial charge in [0.25, 0.3) is 0 Å². The summed E-state index contributed by atoms with van der Waals surface area (Å²) in [6.07, 6.45) is -0.168. The van der Waals surface area contributed by atoms with Gasteiger partial charge in [-0.1, -0.05) is 30.3 Å².